The smallest absolute Gasteiger partial charge is 0.310 e. The van der Waals surface area contributed by atoms with Crippen LogP contribution in [0, 0.1) is 13.8 Å². The van der Waals surface area contributed by atoms with Gasteiger partial charge in [0.05, 0.1) is 13.0 Å². The van der Waals surface area contributed by atoms with Crippen LogP contribution in [0.2, 0.25) is 0 Å². The van der Waals surface area contributed by atoms with E-state index in [1.54, 1.807) is 0 Å². The Bertz CT molecular complexity index is 707. The van der Waals surface area contributed by atoms with Gasteiger partial charge in [-0.25, -0.2) is 0 Å². The minimum atomic E-state index is -0.177. The quantitative estimate of drug-likeness (QED) is 0.776. The number of ether oxygens (including phenoxy) is 1. The van der Waals surface area contributed by atoms with Crippen LogP contribution in [-0.4, -0.2) is 19.1 Å². The molecule has 3 nitrogen and oxygen atoms in total. The second-order valence-electron chi connectivity index (χ2n) is 6.07. The largest absolute Gasteiger partial charge is 0.466 e. The number of carbonyl (C=O) groups is 1. The maximum Gasteiger partial charge on any atom is 0.310 e. The molecule has 0 radical (unpaired) electrons. The van der Waals surface area contributed by atoms with Gasteiger partial charge in [-0.05, 0) is 55.1 Å². The number of esters is 1. The molecule has 0 spiro atoms. The Morgan fingerprint density at radius 2 is 1.83 bits per heavy atom. The highest BCUT2D eigenvalue weighted by molar-refractivity contribution is 5.76. The summed E-state index contributed by atoms with van der Waals surface area (Å²) in [5, 5.41) is 3.41. The third-order valence-electron chi connectivity index (χ3n) is 4.07. The number of carbonyl (C=O) groups excluding carboxylic acids is 1. The molecule has 0 saturated heterocycles. The molecule has 0 atom stereocenters. The van der Waals surface area contributed by atoms with E-state index in [2.05, 4.69) is 56.4 Å². The van der Waals surface area contributed by atoms with Crippen molar-refractivity contribution in [2.24, 2.45) is 0 Å². The topological polar surface area (TPSA) is 38.3 Å². The Morgan fingerprint density at radius 1 is 1.04 bits per heavy atom. The first kappa shape index (κ1) is 18.2. The Labute approximate surface area is 145 Å². The summed E-state index contributed by atoms with van der Waals surface area (Å²) >= 11 is 0. The SMILES string of the molecule is CCNCc1cc(C)ccc1-c1cc(CC(=O)OCC)ccc1C. The maximum absolute atomic E-state index is 11.8. The predicted octanol–water partition coefficient (Wildman–Crippen LogP) is 4.19. The molecular formula is C21H27NO2. The van der Waals surface area contributed by atoms with Gasteiger partial charge in [-0.2, -0.15) is 0 Å². The second kappa shape index (κ2) is 8.65. The number of hydrogen-bond donors (Lipinski definition) is 1. The van der Waals surface area contributed by atoms with E-state index < -0.39 is 0 Å². The second-order valence-corrected chi connectivity index (χ2v) is 6.07. The lowest BCUT2D eigenvalue weighted by Gasteiger charge is -2.15. The molecule has 0 aliphatic rings. The molecule has 0 bridgehead atoms. The fraction of sp³-hybridized carbons (Fsp3) is 0.381. The molecular weight excluding hydrogens is 298 g/mol. The van der Waals surface area contributed by atoms with Gasteiger partial charge in [0.2, 0.25) is 0 Å². The van der Waals surface area contributed by atoms with Crippen molar-refractivity contribution in [2.75, 3.05) is 13.2 Å². The minimum absolute atomic E-state index is 0.177. The van der Waals surface area contributed by atoms with Gasteiger partial charge in [-0.1, -0.05) is 48.9 Å². The summed E-state index contributed by atoms with van der Waals surface area (Å²) in [5.41, 5.74) is 7.16. The number of hydrogen-bond acceptors (Lipinski definition) is 3. The van der Waals surface area contributed by atoms with E-state index in [-0.39, 0.29) is 5.97 Å². The summed E-state index contributed by atoms with van der Waals surface area (Å²) in [6, 6.07) is 12.8. The Balaban J connectivity index is 2.38. The number of nitrogens with one attached hydrogen (secondary N) is 1. The molecule has 0 aliphatic carbocycles. The van der Waals surface area contributed by atoms with Crippen LogP contribution in [-0.2, 0) is 22.5 Å². The van der Waals surface area contributed by atoms with E-state index in [1.165, 1.54) is 27.8 Å². The zero-order valence-electron chi connectivity index (χ0n) is 15.1. The summed E-state index contributed by atoms with van der Waals surface area (Å²) in [6.07, 6.45) is 0.315. The van der Waals surface area contributed by atoms with Crippen molar-refractivity contribution in [2.45, 2.75) is 40.7 Å². The van der Waals surface area contributed by atoms with E-state index >= 15 is 0 Å². The molecule has 0 heterocycles. The van der Waals surface area contributed by atoms with Gasteiger partial charge in [0, 0.05) is 6.54 Å². The van der Waals surface area contributed by atoms with Crippen LogP contribution >= 0.6 is 0 Å². The van der Waals surface area contributed by atoms with Crippen molar-refractivity contribution >= 4 is 5.97 Å². The first-order chi connectivity index (χ1) is 11.5. The summed E-state index contributed by atoms with van der Waals surface area (Å²) in [6.45, 7) is 10.4. The summed E-state index contributed by atoms with van der Waals surface area (Å²) in [7, 11) is 0. The van der Waals surface area contributed by atoms with Gasteiger partial charge in [0.1, 0.15) is 0 Å². The van der Waals surface area contributed by atoms with Crippen molar-refractivity contribution < 1.29 is 9.53 Å². The van der Waals surface area contributed by atoms with Crippen LogP contribution < -0.4 is 5.32 Å². The highest BCUT2D eigenvalue weighted by Crippen LogP contribution is 2.29. The molecule has 2 aromatic carbocycles. The Kier molecular flexibility index (Phi) is 6.56. The van der Waals surface area contributed by atoms with Crippen LogP contribution in [0.4, 0.5) is 0 Å². The van der Waals surface area contributed by atoms with E-state index in [9.17, 15) is 4.79 Å². The lowest BCUT2D eigenvalue weighted by Crippen LogP contribution is -2.13. The number of aryl methyl sites for hydroxylation is 2. The average molecular weight is 325 g/mol. The van der Waals surface area contributed by atoms with Crippen molar-refractivity contribution in [1.29, 1.82) is 0 Å². The van der Waals surface area contributed by atoms with Crippen LogP contribution in [0.5, 0.6) is 0 Å². The molecule has 1 N–H and O–H groups in total. The van der Waals surface area contributed by atoms with Crippen LogP contribution in [0.3, 0.4) is 0 Å². The van der Waals surface area contributed by atoms with Crippen LogP contribution in [0.25, 0.3) is 11.1 Å². The van der Waals surface area contributed by atoms with Gasteiger partial charge >= 0.3 is 5.97 Å². The first-order valence-electron chi connectivity index (χ1n) is 8.60. The molecule has 0 aromatic heterocycles. The molecule has 24 heavy (non-hydrogen) atoms. The van der Waals surface area contributed by atoms with Crippen molar-refractivity contribution in [1.82, 2.24) is 5.32 Å². The third kappa shape index (κ3) is 4.68. The zero-order chi connectivity index (χ0) is 17.5. The minimum Gasteiger partial charge on any atom is -0.466 e. The molecule has 2 aromatic rings. The lowest BCUT2D eigenvalue weighted by molar-refractivity contribution is -0.142. The van der Waals surface area contributed by atoms with E-state index in [4.69, 9.17) is 4.74 Å². The van der Waals surface area contributed by atoms with E-state index in [1.807, 2.05) is 13.0 Å². The first-order valence-corrected chi connectivity index (χ1v) is 8.60. The van der Waals surface area contributed by atoms with Crippen molar-refractivity contribution in [3.63, 3.8) is 0 Å². The van der Waals surface area contributed by atoms with Crippen molar-refractivity contribution in [3.8, 4) is 11.1 Å². The maximum atomic E-state index is 11.8. The van der Waals surface area contributed by atoms with Gasteiger partial charge in [0.15, 0.2) is 0 Å². The van der Waals surface area contributed by atoms with Gasteiger partial charge in [-0.3, -0.25) is 4.79 Å². The normalized spacial score (nSPS) is 10.7. The summed E-state index contributed by atoms with van der Waals surface area (Å²) in [4.78, 5) is 11.8. The molecule has 0 amide bonds. The van der Waals surface area contributed by atoms with Gasteiger partial charge in [-0.15, -0.1) is 0 Å². The fourth-order valence-electron chi connectivity index (χ4n) is 2.84. The molecule has 128 valence electrons. The van der Waals surface area contributed by atoms with E-state index in [0.717, 1.165) is 18.7 Å². The fourth-order valence-corrected chi connectivity index (χ4v) is 2.84. The molecule has 0 unspecified atom stereocenters. The molecule has 3 heteroatoms. The molecule has 2 rings (SSSR count). The Morgan fingerprint density at radius 3 is 2.54 bits per heavy atom. The van der Waals surface area contributed by atoms with Gasteiger partial charge < -0.3 is 10.1 Å². The van der Waals surface area contributed by atoms with Crippen LogP contribution in [0.15, 0.2) is 36.4 Å². The predicted molar refractivity (Wildman–Crippen MR) is 99.1 cm³/mol. The molecule has 0 saturated carbocycles. The number of rotatable bonds is 7. The van der Waals surface area contributed by atoms with Crippen LogP contribution in [0.1, 0.15) is 36.1 Å². The van der Waals surface area contributed by atoms with Gasteiger partial charge in [0.25, 0.3) is 0 Å². The third-order valence-corrected chi connectivity index (χ3v) is 4.07. The molecule has 0 fully saturated rings. The molecule has 0 aliphatic heterocycles. The highest BCUT2D eigenvalue weighted by atomic mass is 16.5. The average Bonchev–Trinajstić information content (AvgIpc) is 2.55. The standard InChI is InChI=1S/C21H27NO2/c1-5-22-14-18-11-15(3)7-10-19(18)20-12-17(9-8-16(20)4)13-21(23)24-6-2/h7-12,22H,5-6,13-14H2,1-4H3. The number of benzene rings is 2. The summed E-state index contributed by atoms with van der Waals surface area (Å²) in [5.74, 6) is -0.177. The highest BCUT2D eigenvalue weighted by Gasteiger charge is 2.11. The van der Waals surface area contributed by atoms with E-state index in [0.29, 0.717) is 13.0 Å². The monoisotopic (exact) mass is 325 g/mol. The lowest BCUT2D eigenvalue weighted by atomic mass is 9.92. The zero-order valence-corrected chi connectivity index (χ0v) is 15.1. The van der Waals surface area contributed by atoms with Crippen molar-refractivity contribution in [3.05, 3.63) is 58.7 Å². The Hall–Kier alpha value is -2.13. The summed E-state index contributed by atoms with van der Waals surface area (Å²) < 4.78 is 5.07.